The minimum absolute atomic E-state index is 0. The molecule has 1 aromatic carbocycles. The first-order chi connectivity index (χ1) is 10.6. The van der Waals surface area contributed by atoms with Gasteiger partial charge < -0.3 is 15.3 Å². The van der Waals surface area contributed by atoms with Crippen molar-refractivity contribution in [3.05, 3.63) is 35.4 Å². The third-order valence-corrected chi connectivity index (χ3v) is 4.35. The molecule has 126 valence electrons. The minimum Gasteiger partial charge on any atom is -0.391 e. The van der Waals surface area contributed by atoms with Crippen LogP contribution in [-0.4, -0.2) is 51.8 Å². The number of amides is 2. The molecular formula is C15H20ClN3O4. The van der Waals surface area contributed by atoms with Crippen LogP contribution in [-0.2, 0) is 22.6 Å². The molecule has 1 saturated heterocycles. The number of aliphatic hydroxyl groups excluding tert-OH is 1. The number of nitrogens with one attached hydrogen (secondary N) is 2. The average Bonchev–Trinajstić information content (AvgIpc) is 2.94. The third-order valence-electron chi connectivity index (χ3n) is 4.35. The zero-order chi connectivity index (χ0) is 15.7. The van der Waals surface area contributed by atoms with Gasteiger partial charge in [0, 0.05) is 19.5 Å². The standard InChI is InChI=1S/C15H19N3O4.ClH/c19-11-6-13(14(20)17-22)18(8-11)15(21)12-5-9-3-1-2-4-10(9)7-16-12;/h1-4,11-13,16,19,22H,5-8H2,(H,17,20);1H/t11-,12+,13+;/m1./s1. The quantitative estimate of drug-likeness (QED) is 0.433. The van der Waals surface area contributed by atoms with Gasteiger partial charge in [-0.2, -0.15) is 0 Å². The summed E-state index contributed by atoms with van der Waals surface area (Å²) in [6, 6.07) is 6.66. The Morgan fingerprint density at radius 2 is 1.96 bits per heavy atom. The maximum atomic E-state index is 12.7. The molecule has 0 saturated carbocycles. The van der Waals surface area contributed by atoms with Gasteiger partial charge in [-0.25, -0.2) is 5.48 Å². The van der Waals surface area contributed by atoms with E-state index in [1.165, 1.54) is 4.90 Å². The lowest BCUT2D eigenvalue weighted by atomic mass is 9.95. The number of halogens is 1. The fourth-order valence-corrected chi connectivity index (χ4v) is 3.21. The zero-order valence-electron chi connectivity index (χ0n) is 12.4. The first kappa shape index (κ1) is 17.7. The molecule has 7 nitrogen and oxygen atoms in total. The number of hydrogen-bond acceptors (Lipinski definition) is 5. The highest BCUT2D eigenvalue weighted by molar-refractivity contribution is 5.90. The molecule has 4 N–H and O–H groups in total. The van der Waals surface area contributed by atoms with Crippen molar-refractivity contribution in [3.63, 3.8) is 0 Å². The number of rotatable bonds is 2. The smallest absolute Gasteiger partial charge is 0.266 e. The summed E-state index contributed by atoms with van der Waals surface area (Å²) in [4.78, 5) is 25.7. The number of carbonyl (C=O) groups is 2. The Morgan fingerprint density at radius 1 is 1.26 bits per heavy atom. The Bertz CT molecular complexity index is 598. The summed E-state index contributed by atoms with van der Waals surface area (Å²) >= 11 is 0. The van der Waals surface area contributed by atoms with Crippen LogP contribution in [0.25, 0.3) is 0 Å². The van der Waals surface area contributed by atoms with Gasteiger partial charge in [0.25, 0.3) is 5.91 Å². The number of hydroxylamine groups is 1. The fourth-order valence-electron chi connectivity index (χ4n) is 3.21. The molecule has 8 heteroatoms. The molecule has 0 bridgehead atoms. The van der Waals surface area contributed by atoms with Crippen molar-refractivity contribution in [1.29, 1.82) is 0 Å². The van der Waals surface area contributed by atoms with Gasteiger partial charge in [-0.1, -0.05) is 24.3 Å². The monoisotopic (exact) mass is 341 g/mol. The molecule has 0 aliphatic carbocycles. The molecule has 0 unspecified atom stereocenters. The number of nitrogens with zero attached hydrogens (tertiary/aromatic N) is 1. The van der Waals surface area contributed by atoms with Crippen LogP contribution >= 0.6 is 12.4 Å². The van der Waals surface area contributed by atoms with E-state index in [0.29, 0.717) is 13.0 Å². The van der Waals surface area contributed by atoms with Crippen LogP contribution in [0, 0.1) is 0 Å². The highest BCUT2D eigenvalue weighted by Crippen LogP contribution is 2.22. The summed E-state index contributed by atoms with van der Waals surface area (Å²) in [5, 5.41) is 21.7. The number of β-amino-alcohol motifs (C(OH)–C–C–N with tert-alkyl or cyclic N) is 1. The lowest BCUT2D eigenvalue weighted by Crippen LogP contribution is -2.53. The van der Waals surface area contributed by atoms with Crippen molar-refractivity contribution in [3.8, 4) is 0 Å². The molecule has 1 aromatic rings. The Hall–Kier alpha value is -1.67. The number of carbonyl (C=O) groups excluding carboxylic acids is 2. The van der Waals surface area contributed by atoms with Gasteiger partial charge >= 0.3 is 0 Å². The molecule has 2 amide bonds. The molecule has 0 radical (unpaired) electrons. The normalized spacial score (nSPS) is 26.2. The van der Waals surface area contributed by atoms with Gasteiger partial charge in [0.05, 0.1) is 12.1 Å². The predicted octanol–water partition coefficient (Wildman–Crippen LogP) is -0.410. The van der Waals surface area contributed by atoms with E-state index in [1.807, 2.05) is 24.3 Å². The highest BCUT2D eigenvalue weighted by Gasteiger charge is 2.41. The highest BCUT2D eigenvalue weighted by atomic mass is 35.5. The van der Waals surface area contributed by atoms with E-state index in [9.17, 15) is 14.7 Å². The summed E-state index contributed by atoms with van der Waals surface area (Å²) in [7, 11) is 0. The molecule has 3 rings (SSSR count). The summed E-state index contributed by atoms with van der Waals surface area (Å²) < 4.78 is 0. The van der Waals surface area contributed by atoms with Crippen LogP contribution in [0.5, 0.6) is 0 Å². The minimum atomic E-state index is -0.827. The SMILES string of the molecule is Cl.O=C(NO)[C@@H]1C[C@@H](O)CN1C(=O)[C@@H]1Cc2ccccc2CN1. The summed E-state index contributed by atoms with van der Waals surface area (Å²) in [6.07, 6.45) is -0.0571. The van der Waals surface area contributed by atoms with Crippen molar-refractivity contribution in [2.24, 2.45) is 0 Å². The Morgan fingerprint density at radius 3 is 2.65 bits per heavy atom. The van der Waals surface area contributed by atoms with E-state index in [-0.39, 0.29) is 31.3 Å². The van der Waals surface area contributed by atoms with Gasteiger partial charge in [-0.15, -0.1) is 12.4 Å². The Kier molecular flexibility index (Phi) is 5.59. The van der Waals surface area contributed by atoms with Gasteiger partial charge in [0.15, 0.2) is 0 Å². The second-order valence-corrected chi connectivity index (χ2v) is 5.78. The van der Waals surface area contributed by atoms with E-state index < -0.39 is 24.1 Å². The molecule has 2 aliphatic heterocycles. The van der Waals surface area contributed by atoms with Crippen molar-refractivity contribution in [2.45, 2.75) is 37.6 Å². The molecule has 3 atom stereocenters. The molecule has 0 aromatic heterocycles. The second kappa shape index (κ2) is 7.27. The molecule has 0 spiro atoms. The van der Waals surface area contributed by atoms with Gasteiger partial charge in [0.1, 0.15) is 6.04 Å². The van der Waals surface area contributed by atoms with E-state index in [4.69, 9.17) is 5.21 Å². The first-order valence-corrected chi connectivity index (χ1v) is 7.33. The number of aliphatic hydroxyl groups is 1. The van der Waals surface area contributed by atoms with Crippen molar-refractivity contribution >= 4 is 24.2 Å². The summed E-state index contributed by atoms with van der Waals surface area (Å²) in [5.74, 6) is -0.888. The van der Waals surface area contributed by atoms with Gasteiger partial charge in [-0.05, 0) is 17.5 Å². The van der Waals surface area contributed by atoms with Crippen molar-refractivity contribution < 1.29 is 19.9 Å². The van der Waals surface area contributed by atoms with Crippen LogP contribution in [0.3, 0.4) is 0 Å². The number of fused-ring (bicyclic) bond motifs is 1. The van der Waals surface area contributed by atoms with Crippen LogP contribution in [0.15, 0.2) is 24.3 Å². The van der Waals surface area contributed by atoms with Gasteiger partial charge in [-0.3, -0.25) is 14.8 Å². The third kappa shape index (κ3) is 3.48. The number of hydrogen-bond donors (Lipinski definition) is 4. The lowest BCUT2D eigenvalue weighted by molar-refractivity contribution is -0.143. The fraction of sp³-hybridized carbons (Fsp3) is 0.467. The lowest BCUT2D eigenvalue weighted by Gasteiger charge is -2.31. The van der Waals surface area contributed by atoms with Crippen LogP contribution in [0.2, 0.25) is 0 Å². The second-order valence-electron chi connectivity index (χ2n) is 5.78. The average molecular weight is 342 g/mol. The number of likely N-dealkylation sites (tertiary alicyclic amines) is 1. The molecular weight excluding hydrogens is 322 g/mol. The summed E-state index contributed by atoms with van der Waals surface area (Å²) in [5.41, 5.74) is 3.84. The Labute approximate surface area is 140 Å². The van der Waals surface area contributed by atoms with E-state index in [1.54, 1.807) is 5.48 Å². The number of benzene rings is 1. The molecule has 23 heavy (non-hydrogen) atoms. The van der Waals surface area contributed by atoms with Gasteiger partial charge in [0.2, 0.25) is 5.91 Å². The van der Waals surface area contributed by atoms with Crippen LogP contribution < -0.4 is 10.8 Å². The predicted molar refractivity (Wildman–Crippen MR) is 84.1 cm³/mol. The molecule has 2 heterocycles. The van der Waals surface area contributed by atoms with Crippen LogP contribution in [0.1, 0.15) is 17.5 Å². The summed E-state index contributed by atoms with van der Waals surface area (Å²) in [6.45, 7) is 0.705. The Balaban J connectivity index is 0.00000192. The molecule has 1 fully saturated rings. The van der Waals surface area contributed by atoms with E-state index in [2.05, 4.69) is 5.32 Å². The molecule has 2 aliphatic rings. The maximum Gasteiger partial charge on any atom is 0.266 e. The van der Waals surface area contributed by atoms with Crippen LogP contribution in [0.4, 0.5) is 0 Å². The van der Waals surface area contributed by atoms with E-state index in [0.717, 1.165) is 11.1 Å². The maximum absolute atomic E-state index is 12.7. The first-order valence-electron chi connectivity index (χ1n) is 7.33. The van der Waals surface area contributed by atoms with Crippen molar-refractivity contribution in [1.82, 2.24) is 15.7 Å². The van der Waals surface area contributed by atoms with Crippen molar-refractivity contribution in [2.75, 3.05) is 6.54 Å². The topological polar surface area (TPSA) is 102 Å². The van der Waals surface area contributed by atoms with E-state index >= 15 is 0 Å². The largest absolute Gasteiger partial charge is 0.391 e. The zero-order valence-corrected chi connectivity index (χ0v) is 13.3.